The molecule has 9 heteroatoms. The number of rotatable bonds is 6. The van der Waals surface area contributed by atoms with Crippen LogP contribution in [0.5, 0.6) is 5.75 Å². The first-order valence-corrected chi connectivity index (χ1v) is 10.3. The van der Waals surface area contributed by atoms with Gasteiger partial charge in [-0.05, 0) is 66.7 Å². The number of halogens is 1. The second-order valence-electron chi connectivity index (χ2n) is 6.29. The van der Waals surface area contributed by atoms with Crippen molar-refractivity contribution in [3.8, 4) is 28.6 Å². The van der Waals surface area contributed by atoms with Gasteiger partial charge in [-0.25, -0.2) is 12.8 Å². The summed E-state index contributed by atoms with van der Waals surface area (Å²) in [4.78, 5) is 4.35. The number of anilines is 1. The molecule has 0 saturated carbocycles. The van der Waals surface area contributed by atoms with Crippen molar-refractivity contribution in [2.24, 2.45) is 0 Å². The van der Waals surface area contributed by atoms with E-state index in [0.29, 0.717) is 28.7 Å². The lowest BCUT2D eigenvalue weighted by Crippen LogP contribution is -2.12. The van der Waals surface area contributed by atoms with Gasteiger partial charge in [-0.1, -0.05) is 11.2 Å². The van der Waals surface area contributed by atoms with Crippen LogP contribution in [0.4, 0.5) is 10.1 Å². The van der Waals surface area contributed by atoms with Crippen LogP contribution >= 0.6 is 0 Å². The van der Waals surface area contributed by atoms with Crippen LogP contribution < -0.4 is 9.46 Å². The lowest BCUT2D eigenvalue weighted by atomic mass is 10.2. The molecule has 0 atom stereocenters. The summed E-state index contributed by atoms with van der Waals surface area (Å²) >= 11 is 0. The zero-order chi connectivity index (χ0) is 21.1. The maximum Gasteiger partial charge on any atom is 0.261 e. The van der Waals surface area contributed by atoms with Crippen molar-refractivity contribution < 1.29 is 22.1 Å². The van der Waals surface area contributed by atoms with Gasteiger partial charge >= 0.3 is 0 Å². The Bertz CT molecular complexity index is 1270. The van der Waals surface area contributed by atoms with Gasteiger partial charge in [0.15, 0.2) is 0 Å². The standard InChI is InChI=1S/C21H16FN3O4S/c1-28-18-4-2-3-15(13-18)21-23-20(24-29-21)14-5-9-17(10-6-14)25-30(26,27)19-11-7-16(22)8-12-19/h2-13,25H,1H3. The number of ether oxygens (including phenoxy) is 1. The summed E-state index contributed by atoms with van der Waals surface area (Å²) in [6.45, 7) is 0. The Balaban J connectivity index is 1.53. The van der Waals surface area contributed by atoms with E-state index < -0.39 is 15.8 Å². The molecule has 0 aliphatic rings. The van der Waals surface area contributed by atoms with E-state index in [9.17, 15) is 12.8 Å². The Kier molecular flexibility index (Phi) is 5.20. The highest BCUT2D eigenvalue weighted by Crippen LogP contribution is 2.26. The van der Waals surface area contributed by atoms with E-state index in [1.807, 2.05) is 18.2 Å². The van der Waals surface area contributed by atoms with Crippen molar-refractivity contribution in [2.45, 2.75) is 4.90 Å². The third-order valence-corrected chi connectivity index (χ3v) is 5.66. The molecular formula is C21H16FN3O4S. The molecular weight excluding hydrogens is 409 g/mol. The maximum atomic E-state index is 13.0. The Morgan fingerprint density at radius 2 is 1.70 bits per heavy atom. The quantitative estimate of drug-likeness (QED) is 0.494. The second-order valence-corrected chi connectivity index (χ2v) is 7.97. The monoisotopic (exact) mass is 425 g/mol. The molecule has 0 saturated heterocycles. The third kappa shape index (κ3) is 4.15. The fraction of sp³-hybridized carbons (Fsp3) is 0.0476. The van der Waals surface area contributed by atoms with Crippen molar-refractivity contribution in [3.63, 3.8) is 0 Å². The first kappa shape index (κ1) is 19.6. The molecule has 0 radical (unpaired) electrons. The molecule has 1 N–H and O–H groups in total. The number of aromatic nitrogens is 2. The summed E-state index contributed by atoms with van der Waals surface area (Å²) in [5.74, 6) is 0.863. The lowest BCUT2D eigenvalue weighted by molar-refractivity contribution is 0.413. The number of hydrogen-bond acceptors (Lipinski definition) is 6. The molecule has 0 unspecified atom stereocenters. The van der Waals surface area contributed by atoms with Gasteiger partial charge in [0.25, 0.3) is 15.9 Å². The highest BCUT2D eigenvalue weighted by Gasteiger charge is 2.15. The summed E-state index contributed by atoms with van der Waals surface area (Å²) < 4.78 is 50.8. The summed E-state index contributed by atoms with van der Waals surface area (Å²) in [7, 11) is -2.25. The van der Waals surface area contributed by atoms with Gasteiger partial charge in [-0.2, -0.15) is 4.98 Å². The molecule has 0 aliphatic carbocycles. The van der Waals surface area contributed by atoms with E-state index in [1.165, 1.54) is 12.1 Å². The highest BCUT2D eigenvalue weighted by atomic mass is 32.2. The number of nitrogens with zero attached hydrogens (tertiary/aromatic N) is 2. The van der Waals surface area contributed by atoms with Crippen LogP contribution in [0.25, 0.3) is 22.8 Å². The predicted molar refractivity (Wildman–Crippen MR) is 109 cm³/mol. The van der Waals surface area contributed by atoms with Crippen LogP contribution in [0.3, 0.4) is 0 Å². The Morgan fingerprint density at radius 1 is 0.967 bits per heavy atom. The average Bonchev–Trinajstić information content (AvgIpc) is 3.25. The molecule has 1 heterocycles. The first-order chi connectivity index (χ1) is 14.4. The zero-order valence-electron chi connectivity index (χ0n) is 15.7. The van der Waals surface area contributed by atoms with Gasteiger partial charge in [0.2, 0.25) is 5.82 Å². The van der Waals surface area contributed by atoms with E-state index in [2.05, 4.69) is 14.9 Å². The molecule has 3 aromatic carbocycles. The second kappa shape index (κ2) is 7.96. The van der Waals surface area contributed by atoms with Crippen LogP contribution in [0.1, 0.15) is 0 Å². The van der Waals surface area contributed by atoms with Gasteiger partial charge in [0, 0.05) is 16.8 Å². The molecule has 152 valence electrons. The summed E-state index contributed by atoms with van der Waals surface area (Å²) in [6.07, 6.45) is 0. The minimum atomic E-state index is -3.82. The minimum Gasteiger partial charge on any atom is -0.497 e. The third-order valence-electron chi connectivity index (χ3n) is 4.26. The van der Waals surface area contributed by atoms with E-state index in [4.69, 9.17) is 9.26 Å². The summed E-state index contributed by atoms with van der Waals surface area (Å²) in [5, 5.41) is 3.98. The van der Waals surface area contributed by atoms with Crippen molar-refractivity contribution in [1.82, 2.24) is 10.1 Å². The van der Waals surface area contributed by atoms with Gasteiger partial charge in [0.05, 0.1) is 12.0 Å². The molecule has 7 nitrogen and oxygen atoms in total. The van der Waals surface area contributed by atoms with Crippen molar-refractivity contribution in [1.29, 1.82) is 0 Å². The topological polar surface area (TPSA) is 94.3 Å². The van der Waals surface area contributed by atoms with Crippen LogP contribution in [-0.2, 0) is 10.0 Å². The molecule has 0 amide bonds. The van der Waals surface area contributed by atoms with Crippen molar-refractivity contribution in [3.05, 3.63) is 78.6 Å². The molecule has 0 spiro atoms. The molecule has 4 aromatic rings. The molecule has 0 bridgehead atoms. The zero-order valence-corrected chi connectivity index (χ0v) is 16.6. The summed E-state index contributed by atoms with van der Waals surface area (Å²) in [5.41, 5.74) is 1.72. The highest BCUT2D eigenvalue weighted by molar-refractivity contribution is 7.92. The van der Waals surface area contributed by atoms with Crippen LogP contribution in [0, 0.1) is 5.82 Å². The number of methoxy groups -OCH3 is 1. The Hall–Kier alpha value is -3.72. The van der Waals surface area contributed by atoms with E-state index in [0.717, 1.165) is 17.7 Å². The number of benzene rings is 3. The molecule has 4 rings (SSSR count). The van der Waals surface area contributed by atoms with Crippen LogP contribution in [-0.4, -0.2) is 25.7 Å². The molecule has 30 heavy (non-hydrogen) atoms. The van der Waals surface area contributed by atoms with E-state index in [1.54, 1.807) is 37.4 Å². The molecule has 1 aromatic heterocycles. The SMILES string of the molecule is COc1cccc(-c2nc(-c3ccc(NS(=O)(=O)c4ccc(F)cc4)cc3)no2)c1. The number of sulfonamides is 1. The number of nitrogens with one attached hydrogen (secondary N) is 1. The van der Waals surface area contributed by atoms with E-state index in [-0.39, 0.29) is 4.90 Å². The minimum absolute atomic E-state index is 0.0333. The largest absolute Gasteiger partial charge is 0.497 e. The fourth-order valence-electron chi connectivity index (χ4n) is 2.73. The lowest BCUT2D eigenvalue weighted by Gasteiger charge is -2.08. The molecule has 0 fully saturated rings. The maximum absolute atomic E-state index is 13.0. The van der Waals surface area contributed by atoms with Gasteiger partial charge < -0.3 is 9.26 Å². The van der Waals surface area contributed by atoms with Crippen LogP contribution in [0.2, 0.25) is 0 Å². The van der Waals surface area contributed by atoms with Gasteiger partial charge in [-0.3, -0.25) is 4.72 Å². The normalized spacial score (nSPS) is 11.3. The Labute approximate surface area is 172 Å². The fourth-order valence-corrected chi connectivity index (χ4v) is 3.79. The van der Waals surface area contributed by atoms with Crippen molar-refractivity contribution in [2.75, 3.05) is 11.8 Å². The van der Waals surface area contributed by atoms with E-state index >= 15 is 0 Å². The smallest absolute Gasteiger partial charge is 0.261 e. The first-order valence-electron chi connectivity index (χ1n) is 8.81. The molecule has 0 aliphatic heterocycles. The summed E-state index contributed by atoms with van der Waals surface area (Å²) in [6, 6.07) is 18.3. The average molecular weight is 425 g/mol. The van der Waals surface area contributed by atoms with Gasteiger partial charge in [-0.15, -0.1) is 0 Å². The van der Waals surface area contributed by atoms with Gasteiger partial charge in [0.1, 0.15) is 11.6 Å². The Morgan fingerprint density at radius 3 is 2.40 bits per heavy atom. The number of hydrogen-bond donors (Lipinski definition) is 1. The van der Waals surface area contributed by atoms with Crippen LogP contribution in [0.15, 0.2) is 82.2 Å². The predicted octanol–water partition coefficient (Wildman–Crippen LogP) is 4.35. The van der Waals surface area contributed by atoms with Crippen molar-refractivity contribution >= 4 is 15.7 Å².